The molecule has 1 aliphatic carbocycles. The zero-order valence-electron chi connectivity index (χ0n) is 14.9. The van der Waals surface area contributed by atoms with Crippen molar-refractivity contribution in [1.82, 2.24) is 0 Å². The van der Waals surface area contributed by atoms with Crippen molar-refractivity contribution >= 4 is 18.4 Å². The molecule has 130 valence electrons. The summed E-state index contributed by atoms with van der Waals surface area (Å²) in [6.45, 7) is 13.0. The molecule has 2 rings (SSSR count). The molecule has 1 aromatic carbocycles. The molecule has 4 nitrogen and oxygen atoms in total. The highest BCUT2D eigenvalue weighted by Crippen LogP contribution is 2.41. The smallest absolute Gasteiger partial charge is 0.297 e. The number of aryl methyl sites for hydroxylation is 1. The van der Waals surface area contributed by atoms with Gasteiger partial charge in [0.1, 0.15) is 0 Å². The van der Waals surface area contributed by atoms with Crippen LogP contribution in [0.15, 0.2) is 29.2 Å². The molecule has 1 aromatic rings. The lowest BCUT2D eigenvalue weighted by molar-refractivity contribution is 0.000433. The zero-order valence-corrected chi connectivity index (χ0v) is 16.7. The van der Waals surface area contributed by atoms with E-state index in [1.54, 1.807) is 24.3 Å². The molecule has 0 atom stereocenters. The fourth-order valence-electron chi connectivity index (χ4n) is 2.23. The Hall–Kier alpha value is -0.693. The van der Waals surface area contributed by atoms with Gasteiger partial charge in [-0.1, -0.05) is 38.5 Å². The Balaban J connectivity index is 1.90. The second kappa shape index (κ2) is 6.31. The first kappa shape index (κ1) is 18.6. The van der Waals surface area contributed by atoms with E-state index in [2.05, 4.69) is 33.9 Å². The Morgan fingerprint density at radius 3 is 2.04 bits per heavy atom. The number of rotatable bonds is 5. The summed E-state index contributed by atoms with van der Waals surface area (Å²) >= 11 is 0. The van der Waals surface area contributed by atoms with Gasteiger partial charge in [-0.05, 0) is 37.2 Å². The van der Waals surface area contributed by atoms with Gasteiger partial charge in [-0.15, -0.1) is 0 Å². The summed E-state index contributed by atoms with van der Waals surface area (Å²) in [7, 11) is -5.48. The standard InChI is InChI=1S/C17H28O4SSi/c1-13-7-9-16(10-8-13)22(18,19)20-14-11-15(12-14)21-23(5,6)17(2,3)4/h7-10,14-15H,11-12H2,1-6H3/t14-,15+. The zero-order chi connectivity index (χ0) is 17.5. The Morgan fingerprint density at radius 1 is 1.04 bits per heavy atom. The van der Waals surface area contributed by atoms with E-state index in [1.807, 2.05) is 6.92 Å². The van der Waals surface area contributed by atoms with Crippen molar-refractivity contribution in [1.29, 1.82) is 0 Å². The molecule has 0 aromatic heterocycles. The first-order valence-electron chi connectivity index (χ1n) is 8.08. The molecule has 0 radical (unpaired) electrons. The highest BCUT2D eigenvalue weighted by atomic mass is 32.2. The van der Waals surface area contributed by atoms with Gasteiger partial charge < -0.3 is 4.43 Å². The fraction of sp³-hybridized carbons (Fsp3) is 0.647. The third-order valence-corrected chi connectivity index (χ3v) is 10.8. The number of hydrogen-bond acceptors (Lipinski definition) is 4. The molecule has 0 bridgehead atoms. The van der Waals surface area contributed by atoms with Crippen LogP contribution in [0.5, 0.6) is 0 Å². The Kier molecular flexibility index (Phi) is 5.12. The van der Waals surface area contributed by atoms with Crippen LogP contribution in [-0.2, 0) is 18.7 Å². The van der Waals surface area contributed by atoms with Crippen LogP contribution >= 0.6 is 0 Å². The van der Waals surface area contributed by atoms with Crippen LogP contribution < -0.4 is 0 Å². The van der Waals surface area contributed by atoms with E-state index >= 15 is 0 Å². The van der Waals surface area contributed by atoms with Crippen LogP contribution in [0, 0.1) is 6.92 Å². The van der Waals surface area contributed by atoms with Gasteiger partial charge in [0.2, 0.25) is 0 Å². The third-order valence-electron chi connectivity index (χ3n) is 4.89. The quantitative estimate of drug-likeness (QED) is 0.584. The monoisotopic (exact) mass is 356 g/mol. The van der Waals surface area contributed by atoms with Crippen molar-refractivity contribution in [3.63, 3.8) is 0 Å². The normalized spacial score (nSPS) is 22.7. The Morgan fingerprint density at radius 2 is 1.57 bits per heavy atom. The van der Waals surface area contributed by atoms with E-state index < -0.39 is 18.4 Å². The lowest BCUT2D eigenvalue weighted by Gasteiger charge is -2.44. The van der Waals surface area contributed by atoms with Gasteiger partial charge in [0.15, 0.2) is 8.32 Å². The number of benzene rings is 1. The summed E-state index contributed by atoms with van der Waals surface area (Å²) in [6.07, 6.45) is 1.15. The van der Waals surface area contributed by atoms with Gasteiger partial charge >= 0.3 is 0 Å². The minimum Gasteiger partial charge on any atom is -0.414 e. The van der Waals surface area contributed by atoms with Gasteiger partial charge in [-0.2, -0.15) is 8.42 Å². The molecule has 0 spiro atoms. The molecule has 0 amide bonds. The van der Waals surface area contributed by atoms with Gasteiger partial charge in [-0.3, -0.25) is 4.18 Å². The Labute approximate surface area is 141 Å². The molecule has 0 N–H and O–H groups in total. The largest absolute Gasteiger partial charge is 0.414 e. The molecule has 0 aliphatic heterocycles. The van der Waals surface area contributed by atoms with E-state index in [-0.39, 0.29) is 22.1 Å². The second-order valence-corrected chi connectivity index (χ2v) is 14.3. The van der Waals surface area contributed by atoms with Gasteiger partial charge in [-0.25, -0.2) is 0 Å². The molecule has 0 heterocycles. The van der Waals surface area contributed by atoms with E-state index in [1.165, 1.54) is 0 Å². The van der Waals surface area contributed by atoms with Crippen molar-refractivity contribution < 1.29 is 17.0 Å². The summed E-state index contributed by atoms with van der Waals surface area (Å²) in [6, 6.07) is 6.74. The van der Waals surface area contributed by atoms with Crippen molar-refractivity contribution in [2.75, 3.05) is 0 Å². The second-order valence-electron chi connectivity index (χ2n) is 7.96. The van der Waals surface area contributed by atoms with Crippen LogP contribution in [0.2, 0.25) is 18.1 Å². The van der Waals surface area contributed by atoms with E-state index in [4.69, 9.17) is 8.61 Å². The highest BCUT2D eigenvalue weighted by molar-refractivity contribution is 7.86. The Bertz CT molecular complexity index is 638. The van der Waals surface area contributed by atoms with Crippen LogP contribution in [0.1, 0.15) is 39.2 Å². The summed E-state index contributed by atoms with van der Waals surface area (Å²) in [5.74, 6) is 0. The van der Waals surface area contributed by atoms with Crippen LogP contribution in [-0.4, -0.2) is 28.9 Å². The highest BCUT2D eigenvalue weighted by Gasteiger charge is 2.43. The summed E-state index contributed by atoms with van der Waals surface area (Å²) in [5.41, 5.74) is 1.02. The minimum absolute atomic E-state index is 0.120. The van der Waals surface area contributed by atoms with Gasteiger partial charge in [0.05, 0.1) is 17.1 Å². The maximum Gasteiger partial charge on any atom is 0.297 e. The molecule has 1 fully saturated rings. The topological polar surface area (TPSA) is 52.6 Å². The molecule has 1 saturated carbocycles. The summed E-state index contributed by atoms with van der Waals surface area (Å²) < 4.78 is 36.1. The van der Waals surface area contributed by atoms with Crippen LogP contribution in [0.3, 0.4) is 0 Å². The average Bonchev–Trinajstić information content (AvgIpc) is 2.35. The SMILES string of the molecule is Cc1ccc(S(=O)(=O)O[C@H]2C[C@@H](O[Si](C)(C)C(C)(C)C)C2)cc1. The van der Waals surface area contributed by atoms with Crippen molar-refractivity contribution in [3.05, 3.63) is 29.8 Å². The predicted octanol–water partition coefficient (Wildman–Crippen LogP) is 4.25. The molecule has 6 heteroatoms. The first-order chi connectivity index (χ1) is 10.4. The molecule has 0 unspecified atom stereocenters. The molecular weight excluding hydrogens is 328 g/mol. The van der Waals surface area contributed by atoms with E-state index in [9.17, 15) is 8.42 Å². The maximum atomic E-state index is 12.2. The summed E-state index contributed by atoms with van der Waals surface area (Å²) in [4.78, 5) is 0.219. The third kappa shape index (κ3) is 4.44. The van der Waals surface area contributed by atoms with Gasteiger partial charge in [0.25, 0.3) is 10.1 Å². The van der Waals surface area contributed by atoms with Gasteiger partial charge in [0, 0.05) is 12.8 Å². The van der Waals surface area contributed by atoms with Crippen molar-refractivity contribution in [3.8, 4) is 0 Å². The van der Waals surface area contributed by atoms with E-state index in [0.29, 0.717) is 12.8 Å². The van der Waals surface area contributed by atoms with Crippen molar-refractivity contribution in [2.24, 2.45) is 0 Å². The summed E-state index contributed by atoms with van der Waals surface area (Å²) in [5, 5.41) is 0.160. The van der Waals surface area contributed by atoms with Crippen LogP contribution in [0.25, 0.3) is 0 Å². The minimum atomic E-state index is -3.68. The lowest BCUT2D eigenvalue weighted by Crippen LogP contribution is -2.49. The lowest BCUT2D eigenvalue weighted by atomic mass is 9.93. The molecule has 1 aliphatic rings. The molecular formula is C17H28O4SSi. The predicted molar refractivity (Wildman–Crippen MR) is 94.5 cm³/mol. The molecule has 0 saturated heterocycles. The van der Waals surface area contributed by atoms with E-state index in [0.717, 1.165) is 5.56 Å². The van der Waals surface area contributed by atoms with Crippen LogP contribution in [0.4, 0.5) is 0 Å². The number of hydrogen-bond donors (Lipinski definition) is 0. The first-order valence-corrected chi connectivity index (χ1v) is 12.4. The molecule has 23 heavy (non-hydrogen) atoms. The fourth-order valence-corrected chi connectivity index (χ4v) is 4.70. The van der Waals surface area contributed by atoms with Crippen molar-refractivity contribution in [2.45, 2.75) is 75.8 Å². The average molecular weight is 357 g/mol. The maximum absolute atomic E-state index is 12.2.